The number of para-hydroxylation sites is 7. The van der Waals surface area contributed by atoms with E-state index in [1.807, 2.05) is 24.3 Å². The predicted octanol–water partition coefficient (Wildman–Crippen LogP) is 20.4. The van der Waals surface area contributed by atoms with Gasteiger partial charge in [-0.3, -0.25) is 0 Å². The average Bonchev–Trinajstić information content (AvgIpc) is 2.55. The van der Waals surface area contributed by atoms with Gasteiger partial charge in [-0.1, -0.05) is 200 Å². The summed E-state index contributed by atoms with van der Waals surface area (Å²) in [6.45, 7) is 9.94. The quantitative estimate of drug-likeness (QED) is 0.127. The monoisotopic (exact) mass is 1050 g/mol. The molecule has 0 aliphatic heterocycles. The van der Waals surface area contributed by atoms with Crippen molar-refractivity contribution in [1.82, 2.24) is 18.3 Å². The molecule has 83 heavy (non-hydrogen) atoms. The second-order valence-corrected chi connectivity index (χ2v) is 21.6. The number of aromatic nitrogens is 4. The molecule has 0 bridgehead atoms. The summed E-state index contributed by atoms with van der Waals surface area (Å²) in [6, 6.07) is 92.7. The van der Waals surface area contributed by atoms with Gasteiger partial charge in [-0.2, -0.15) is 5.26 Å². The molecule has 18 rings (SSSR count). The van der Waals surface area contributed by atoms with Crippen molar-refractivity contribution >= 4 is 136 Å². The zero-order chi connectivity index (χ0) is 54.6. The highest BCUT2D eigenvalue weighted by Crippen LogP contribution is 2.54. The van der Waals surface area contributed by atoms with E-state index in [-0.39, 0.29) is 0 Å². The minimum atomic E-state index is 0.322. The summed E-state index contributed by atoms with van der Waals surface area (Å²) in [6.07, 6.45) is 0. The molecule has 382 valence electrons. The van der Waals surface area contributed by atoms with E-state index in [2.05, 4.69) is 255 Å². The zero-order valence-corrected chi connectivity index (χ0v) is 44.3. The van der Waals surface area contributed by atoms with Crippen LogP contribution >= 0.6 is 0 Å². The first-order valence-electron chi connectivity index (χ1n) is 27.9. The minimum Gasteiger partial charge on any atom is -0.454 e. The first-order chi connectivity index (χ1) is 41.2. The fourth-order valence-corrected chi connectivity index (χ4v) is 14.3. The normalized spacial score (nSPS) is 12.1. The standard InChI is InChI=1S/C76H42N6O/c1-78-70-71(79-60-32-11-4-23-48(60)49-24-5-12-33-61(49)79)59(44-77)72(80-62-34-13-6-25-50(62)51-26-7-14-35-63(51)80)75(74(70)81-64-36-15-8-27-52(64)53-28-9-16-37-65(53)81)82-66-38-19-31-56(55-30-18-21-46-41-40-45-20-2-3-22-47(45)68(46)55)69(66)58-43-42-57-54-29-10-17-39-67(54)83-76(57)73(58)82/h2-43H. The second-order valence-electron chi connectivity index (χ2n) is 21.6. The molecule has 7 nitrogen and oxygen atoms in total. The van der Waals surface area contributed by atoms with Crippen molar-refractivity contribution in [2.75, 3.05) is 0 Å². The average molecular weight is 1060 g/mol. The molecule has 13 aromatic carbocycles. The van der Waals surface area contributed by atoms with Gasteiger partial charge in [0.15, 0.2) is 5.58 Å². The van der Waals surface area contributed by atoms with Crippen LogP contribution in [0.1, 0.15) is 5.56 Å². The number of rotatable bonds is 5. The Kier molecular flexibility index (Phi) is 9.23. The summed E-state index contributed by atoms with van der Waals surface area (Å²) in [5.74, 6) is 0. The predicted molar refractivity (Wildman–Crippen MR) is 343 cm³/mol. The fourth-order valence-electron chi connectivity index (χ4n) is 14.3. The lowest BCUT2D eigenvalue weighted by Crippen LogP contribution is -2.14. The Balaban J connectivity index is 1.16. The molecule has 7 heteroatoms. The van der Waals surface area contributed by atoms with Crippen LogP contribution in [0.3, 0.4) is 0 Å². The second kappa shape index (κ2) is 16.9. The molecule has 5 aromatic heterocycles. The molecule has 18 aromatic rings. The van der Waals surface area contributed by atoms with E-state index < -0.39 is 0 Å². The maximum absolute atomic E-state index is 12.8. The smallest absolute Gasteiger partial charge is 0.237 e. The van der Waals surface area contributed by atoms with Crippen molar-refractivity contribution in [3.63, 3.8) is 0 Å². The molecule has 0 amide bonds. The largest absolute Gasteiger partial charge is 0.454 e. The van der Waals surface area contributed by atoms with Gasteiger partial charge >= 0.3 is 0 Å². The highest BCUT2D eigenvalue weighted by Gasteiger charge is 2.36. The van der Waals surface area contributed by atoms with Gasteiger partial charge in [-0.15, -0.1) is 0 Å². The SMILES string of the molecule is [C-]#[N+]c1c(-n2c3ccccc3c3ccccc32)c(C#N)c(-n2c3ccccc3c3ccccc32)c(-n2c3cccc(-c4cccc5ccc6ccccc6c45)c3c3ccc4c5ccccc5oc4c32)c1-n1c2ccccc2c2ccccc21. The molecule has 0 N–H and O–H groups in total. The number of furan rings is 1. The van der Waals surface area contributed by atoms with Crippen LogP contribution in [0.4, 0.5) is 5.69 Å². The van der Waals surface area contributed by atoms with Crippen LogP contribution in [0.15, 0.2) is 259 Å². The maximum atomic E-state index is 12.8. The summed E-state index contributed by atoms with van der Waals surface area (Å²) >= 11 is 0. The number of hydrogen-bond acceptors (Lipinski definition) is 2. The van der Waals surface area contributed by atoms with Crippen LogP contribution < -0.4 is 0 Å². The molecule has 0 spiro atoms. The van der Waals surface area contributed by atoms with Crippen molar-refractivity contribution in [1.29, 1.82) is 5.26 Å². The van der Waals surface area contributed by atoms with Gasteiger partial charge in [0.05, 0.1) is 79.0 Å². The zero-order valence-electron chi connectivity index (χ0n) is 44.3. The third-order valence-electron chi connectivity index (χ3n) is 17.6. The number of hydrogen-bond donors (Lipinski definition) is 0. The number of nitriles is 1. The van der Waals surface area contributed by atoms with E-state index >= 15 is 0 Å². The van der Waals surface area contributed by atoms with Gasteiger partial charge < -0.3 is 22.7 Å². The number of fused-ring (bicyclic) bond motifs is 19. The van der Waals surface area contributed by atoms with Gasteiger partial charge in [0, 0.05) is 53.9 Å². The van der Waals surface area contributed by atoms with Gasteiger partial charge in [-0.05, 0) is 87.3 Å². The molecule has 0 saturated carbocycles. The Morgan fingerprint density at radius 2 is 0.747 bits per heavy atom. The van der Waals surface area contributed by atoms with Crippen LogP contribution in [-0.2, 0) is 0 Å². The van der Waals surface area contributed by atoms with Gasteiger partial charge in [-0.25, -0.2) is 4.85 Å². The molecule has 0 aliphatic rings. The summed E-state index contributed by atoms with van der Waals surface area (Å²) in [7, 11) is 0. The van der Waals surface area contributed by atoms with Gasteiger partial charge in [0.2, 0.25) is 5.69 Å². The van der Waals surface area contributed by atoms with Crippen LogP contribution in [0.5, 0.6) is 0 Å². The molecule has 0 radical (unpaired) electrons. The molecule has 5 heterocycles. The molecule has 0 atom stereocenters. The number of benzene rings is 13. The van der Waals surface area contributed by atoms with Crippen LogP contribution in [0.25, 0.3) is 169 Å². The highest BCUT2D eigenvalue weighted by atomic mass is 16.3. The lowest BCUT2D eigenvalue weighted by atomic mass is 9.91. The minimum absolute atomic E-state index is 0.322. The highest BCUT2D eigenvalue weighted by molar-refractivity contribution is 6.27. The van der Waals surface area contributed by atoms with E-state index in [0.717, 1.165) is 125 Å². The van der Waals surface area contributed by atoms with E-state index in [0.29, 0.717) is 39.6 Å². The summed E-state index contributed by atoms with van der Waals surface area (Å²) in [5, 5.41) is 27.5. The lowest BCUT2D eigenvalue weighted by Gasteiger charge is -2.27. The van der Waals surface area contributed by atoms with Gasteiger partial charge in [0.25, 0.3) is 0 Å². The van der Waals surface area contributed by atoms with Crippen molar-refractivity contribution in [2.24, 2.45) is 0 Å². The molecule has 0 unspecified atom stereocenters. The molecule has 0 fully saturated rings. The van der Waals surface area contributed by atoms with Gasteiger partial charge in [0.1, 0.15) is 11.7 Å². The Morgan fingerprint density at radius 1 is 0.325 bits per heavy atom. The first kappa shape index (κ1) is 45.2. The Morgan fingerprint density at radius 3 is 1.30 bits per heavy atom. The maximum Gasteiger partial charge on any atom is 0.237 e. The van der Waals surface area contributed by atoms with Crippen LogP contribution in [0.2, 0.25) is 0 Å². The Hall–Kier alpha value is -11.6. The molecule has 0 aliphatic carbocycles. The Labute approximate surface area is 473 Å². The van der Waals surface area contributed by atoms with E-state index in [1.165, 1.54) is 10.8 Å². The summed E-state index contributed by atoms with van der Waals surface area (Å²) in [5.41, 5.74) is 13.8. The van der Waals surface area contributed by atoms with E-state index in [9.17, 15) is 11.8 Å². The molecular weight excluding hydrogens is 1010 g/mol. The third kappa shape index (κ3) is 5.99. The molecule has 0 saturated heterocycles. The van der Waals surface area contributed by atoms with Crippen molar-refractivity contribution < 1.29 is 4.42 Å². The third-order valence-corrected chi connectivity index (χ3v) is 17.6. The summed E-state index contributed by atoms with van der Waals surface area (Å²) in [4.78, 5) is 4.83. The van der Waals surface area contributed by atoms with Crippen molar-refractivity contribution in [2.45, 2.75) is 0 Å². The topological polar surface area (TPSA) is 61.0 Å². The fraction of sp³-hybridized carbons (Fsp3) is 0. The van der Waals surface area contributed by atoms with E-state index in [4.69, 9.17) is 9.26 Å². The first-order valence-corrected chi connectivity index (χ1v) is 27.9. The van der Waals surface area contributed by atoms with Crippen LogP contribution in [0, 0.1) is 17.9 Å². The van der Waals surface area contributed by atoms with Crippen molar-refractivity contribution in [3.05, 3.63) is 272 Å². The number of nitrogens with zero attached hydrogens (tertiary/aromatic N) is 6. The Bertz CT molecular complexity index is 5670. The lowest BCUT2D eigenvalue weighted by molar-refractivity contribution is 0.671. The molecular formula is C76H42N6O. The van der Waals surface area contributed by atoms with E-state index in [1.54, 1.807) is 0 Å². The van der Waals surface area contributed by atoms with Crippen molar-refractivity contribution in [3.8, 4) is 39.9 Å². The van der Waals surface area contributed by atoms with Crippen LogP contribution in [-0.4, -0.2) is 18.3 Å². The summed E-state index contributed by atoms with van der Waals surface area (Å²) < 4.78 is 16.5.